The molecule has 0 aliphatic carbocycles. The predicted octanol–water partition coefficient (Wildman–Crippen LogP) is 0.886. The standard InChI is InChI=1S/C9H20O6S2/c1-8(2)14-16(10,11)6-5-7-17(12,13)15-9(3)4/h8-9H,5-7H2,1-4H3. The van der Waals surface area contributed by atoms with E-state index < -0.39 is 32.4 Å². The fourth-order valence-corrected chi connectivity index (χ4v) is 3.64. The third-order valence-corrected chi connectivity index (χ3v) is 4.40. The molecule has 0 unspecified atom stereocenters. The van der Waals surface area contributed by atoms with E-state index in [-0.39, 0.29) is 17.9 Å². The highest BCUT2D eigenvalue weighted by Crippen LogP contribution is 2.05. The summed E-state index contributed by atoms with van der Waals surface area (Å²) in [6, 6.07) is 0. The number of rotatable bonds is 8. The fraction of sp³-hybridized carbons (Fsp3) is 1.00. The minimum absolute atomic E-state index is 0.0376. The zero-order chi connectivity index (χ0) is 13.7. The van der Waals surface area contributed by atoms with Gasteiger partial charge >= 0.3 is 0 Å². The first kappa shape index (κ1) is 16.8. The average Bonchev–Trinajstić information content (AvgIpc) is 1.96. The summed E-state index contributed by atoms with van der Waals surface area (Å²) in [7, 11) is -7.30. The lowest BCUT2D eigenvalue weighted by Crippen LogP contribution is -2.20. The summed E-state index contributed by atoms with van der Waals surface area (Å²) in [4.78, 5) is 0. The van der Waals surface area contributed by atoms with Crippen molar-refractivity contribution >= 4 is 20.2 Å². The molecular weight excluding hydrogens is 268 g/mol. The maximum Gasteiger partial charge on any atom is 0.267 e. The molecule has 0 radical (unpaired) electrons. The Balaban J connectivity index is 4.16. The number of hydrogen-bond donors (Lipinski definition) is 0. The second-order valence-electron chi connectivity index (χ2n) is 4.17. The van der Waals surface area contributed by atoms with Crippen molar-refractivity contribution < 1.29 is 25.2 Å². The highest BCUT2D eigenvalue weighted by atomic mass is 32.2. The molecule has 0 amide bonds. The predicted molar refractivity (Wildman–Crippen MR) is 64.6 cm³/mol. The molecule has 0 N–H and O–H groups in total. The topological polar surface area (TPSA) is 86.7 Å². The first-order chi connectivity index (χ1) is 7.54. The molecular formula is C9H20O6S2. The first-order valence-electron chi connectivity index (χ1n) is 5.36. The monoisotopic (exact) mass is 288 g/mol. The van der Waals surface area contributed by atoms with Crippen molar-refractivity contribution in [3.05, 3.63) is 0 Å². The molecule has 0 rings (SSSR count). The molecule has 0 bridgehead atoms. The van der Waals surface area contributed by atoms with Gasteiger partial charge in [0.2, 0.25) is 0 Å². The van der Waals surface area contributed by atoms with Crippen molar-refractivity contribution in [2.75, 3.05) is 11.5 Å². The lowest BCUT2D eigenvalue weighted by molar-refractivity contribution is 0.247. The lowest BCUT2D eigenvalue weighted by atomic mass is 10.5. The van der Waals surface area contributed by atoms with Gasteiger partial charge in [-0.25, -0.2) is 0 Å². The summed E-state index contributed by atoms with van der Waals surface area (Å²) in [5.41, 5.74) is 0. The Morgan fingerprint density at radius 2 is 1.06 bits per heavy atom. The van der Waals surface area contributed by atoms with Gasteiger partial charge < -0.3 is 0 Å². The summed E-state index contributed by atoms with van der Waals surface area (Å²) in [5.74, 6) is -0.655. The minimum atomic E-state index is -3.65. The van der Waals surface area contributed by atoms with E-state index in [9.17, 15) is 16.8 Å². The highest BCUT2D eigenvalue weighted by molar-refractivity contribution is 7.87. The lowest BCUT2D eigenvalue weighted by Gasteiger charge is -2.09. The Morgan fingerprint density at radius 3 is 1.29 bits per heavy atom. The van der Waals surface area contributed by atoms with E-state index in [1.54, 1.807) is 27.7 Å². The third-order valence-electron chi connectivity index (χ3n) is 1.47. The quantitative estimate of drug-likeness (QED) is 0.616. The van der Waals surface area contributed by atoms with Crippen LogP contribution < -0.4 is 0 Å². The Labute approximate surface area is 104 Å². The molecule has 0 atom stereocenters. The molecule has 8 heteroatoms. The van der Waals surface area contributed by atoms with Crippen molar-refractivity contribution in [1.82, 2.24) is 0 Å². The van der Waals surface area contributed by atoms with Crippen LogP contribution in [-0.4, -0.2) is 40.5 Å². The summed E-state index contributed by atoms with van der Waals surface area (Å²) in [5, 5.41) is 0. The first-order valence-corrected chi connectivity index (χ1v) is 8.51. The van der Waals surface area contributed by atoms with E-state index >= 15 is 0 Å². The van der Waals surface area contributed by atoms with Gasteiger partial charge in [0.05, 0.1) is 23.7 Å². The van der Waals surface area contributed by atoms with Crippen LogP contribution in [0.1, 0.15) is 34.1 Å². The minimum Gasteiger partial charge on any atom is -0.267 e. The van der Waals surface area contributed by atoms with Crippen LogP contribution >= 0.6 is 0 Å². The zero-order valence-corrected chi connectivity index (χ0v) is 12.2. The van der Waals surface area contributed by atoms with Gasteiger partial charge in [0.1, 0.15) is 0 Å². The van der Waals surface area contributed by atoms with E-state index in [1.165, 1.54) is 0 Å². The van der Waals surface area contributed by atoms with Crippen LogP contribution in [-0.2, 0) is 28.6 Å². The SMILES string of the molecule is CC(C)OS(=O)(=O)CCCS(=O)(=O)OC(C)C. The maximum absolute atomic E-state index is 11.3. The van der Waals surface area contributed by atoms with Gasteiger partial charge in [-0.15, -0.1) is 0 Å². The van der Waals surface area contributed by atoms with Gasteiger partial charge in [0.25, 0.3) is 20.2 Å². The summed E-state index contributed by atoms with van der Waals surface area (Å²) < 4.78 is 54.5. The van der Waals surface area contributed by atoms with E-state index in [0.29, 0.717) is 0 Å². The molecule has 0 aromatic rings. The van der Waals surface area contributed by atoms with Gasteiger partial charge in [-0.05, 0) is 34.1 Å². The van der Waals surface area contributed by atoms with Gasteiger partial charge in [0.15, 0.2) is 0 Å². The van der Waals surface area contributed by atoms with Crippen LogP contribution in [0.15, 0.2) is 0 Å². The summed E-state index contributed by atoms with van der Waals surface area (Å²) >= 11 is 0. The molecule has 104 valence electrons. The Kier molecular flexibility index (Phi) is 6.60. The normalized spacial score (nSPS) is 13.5. The van der Waals surface area contributed by atoms with E-state index in [0.717, 1.165) is 0 Å². The van der Waals surface area contributed by atoms with Crippen LogP contribution in [0.2, 0.25) is 0 Å². The van der Waals surface area contributed by atoms with Gasteiger partial charge in [-0.2, -0.15) is 16.8 Å². The smallest absolute Gasteiger partial charge is 0.267 e. The molecule has 0 heterocycles. The zero-order valence-electron chi connectivity index (χ0n) is 10.5. The molecule has 0 saturated carbocycles. The molecule has 0 saturated heterocycles. The molecule has 0 fully saturated rings. The Bertz CT molecular complexity index is 367. The molecule has 0 aromatic carbocycles. The van der Waals surface area contributed by atoms with E-state index in [4.69, 9.17) is 0 Å². The summed E-state index contributed by atoms with van der Waals surface area (Å²) in [6.45, 7) is 6.37. The largest absolute Gasteiger partial charge is 0.267 e. The summed E-state index contributed by atoms with van der Waals surface area (Å²) in [6.07, 6.45) is -0.920. The molecule has 0 aliphatic heterocycles. The molecule has 17 heavy (non-hydrogen) atoms. The van der Waals surface area contributed by atoms with Crippen LogP contribution in [0.4, 0.5) is 0 Å². The Hall–Kier alpha value is -0.180. The molecule has 6 nitrogen and oxygen atoms in total. The van der Waals surface area contributed by atoms with Crippen molar-refractivity contribution in [3.8, 4) is 0 Å². The Morgan fingerprint density at radius 1 is 0.765 bits per heavy atom. The second kappa shape index (κ2) is 6.67. The van der Waals surface area contributed by atoms with E-state index in [1.807, 2.05) is 0 Å². The van der Waals surface area contributed by atoms with Crippen molar-refractivity contribution in [3.63, 3.8) is 0 Å². The van der Waals surface area contributed by atoms with Gasteiger partial charge in [0, 0.05) is 0 Å². The number of hydrogen-bond acceptors (Lipinski definition) is 6. The van der Waals surface area contributed by atoms with Crippen molar-refractivity contribution in [2.45, 2.75) is 46.3 Å². The second-order valence-corrected chi connectivity index (χ2v) is 7.60. The van der Waals surface area contributed by atoms with Crippen LogP contribution in [0.3, 0.4) is 0 Å². The van der Waals surface area contributed by atoms with Crippen LogP contribution in [0, 0.1) is 0 Å². The average molecular weight is 288 g/mol. The van der Waals surface area contributed by atoms with E-state index in [2.05, 4.69) is 8.37 Å². The highest BCUT2D eigenvalue weighted by Gasteiger charge is 2.18. The van der Waals surface area contributed by atoms with Crippen LogP contribution in [0.5, 0.6) is 0 Å². The van der Waals surface area contributed by atoms with Gasteiger partial charge in [-0.1, -0.05) is 0 Å². The maximum atomic E-state index is 11.3. The van der Waals surface area contributed by atoms with Crippen molar-refractivity contribution in [1.29, 1.82) is 0 Å². The van der Waals surface area contributed by atoms with Crippen LogP contribution in [0.25, 0.3) is 0 Å². The molecule has 0 spiro atoms. The van der Waals surface area contributed by atoms with Crippen molar-refractivity contribution in [2.24, 2.45) is 0 Å². The molecule has 0 aromatic heterocycles. The fourth-order valence-electron chi connectivity index (χ4n) is 1.10. The third kappa shape index (κ3) is 9.51. The van der Waals surface area contributed by atoms with Gasteiger partial charge in [-0.3, -0.25) is 8.37 Å². The molecule has 0 aliphatic rings.